The number of anilines is 1. The second-order valence-electron chi connectivity index (χ2n) is 8.33. The number of fused-ring (bicyclic) bond motifs is 1. The molecule has 2 aromatic carbocycles. The lowest BCUT2D eigenvalue weighted by atomic mass is 9.96. The molecule has 1 aliphatic carbocycles. The van der Waals surface area contributed by atoms with Gasteiger partial charge in [-0.3, -0.25) is 9.59 Å². The fourth-order valence-corrected chi connectivity index (χ4v) is 4.45. The molecule has 2 N–H and O–H groups in total. The molecular formula is C24H27FN2O4. The highest BCUT2D eigenvalue weighted by Gasteiger charge is 2.44. The van der Waals surface area contributed by atoms with E-state index in [0.717, 1.165) is 29.7 Å². The van der Waals surface area contributed by atoms with Crippen molar-refractivity contribution in [2.24, 2.45) is 0 Å². The quantitative estimate of drug-likeness (QED) is 0.638. The van der Waals surface area contributed by atoms with Crippen LogP contribution in [0, 0.1) is 5.82 Å². The second-order valence-corrected chi connectivity index (χ2v) is 8.33. The first kappa shape index (κ1) is 21.3. The maximum Gasteiger partial charge on any atom is 0.303 e. The average molecular weight is 426 g/mol. The van der Waals surface area contributed by atoms with E-state index in [9.17, 15) is 14.0 Å². The lowest BCUT2D eigenvalue weighted by Gasteiger charge is -2.21. The summed E-state index contributed by atoms with van der Waals surface area (Å²) in [4.78, 5) is 25.6. The van der Waals surface area contributed by atoms with Gasteiger partial charge >= 0.3 is 5.97 Å². The maximum atomic E-state index is 13.8. The third-order valence-electron chi connectivity index (χ3n) is 6.31. The topological polar surface area (TPSA) is 78.9 Å². The van der Waals surface area contributed by atoms with Crippen molar-refractivity contribution < 1.29 is 23.8 Å². The number of rotatable bonds is 9. The van der Waals surface area contributed by atoms with Gasteiger partial charge in [0.15, 0.2) is 0 Å². The molecule has 4 rings (SSSR count). The molecule has 1 amide bonds. The monoisotopic (exact) mass is 426 g/mol. The fraction of sp³-hybridized carbons (Fsp3) is 0.417. The molecule has 6 nitrogen and oxygen atoms in total. The molecule has 1 unspecified atom stereocenters. The predicted octanol–water partition coefficient (Wildman–Crippen LogP) is 3.80. The summed E-state index contributed by atoms with van der Waals surface area (Å²) < 4.78 is 19.1. The van der Waals surface area contributed by atoms with Gasteiger partial charge in [0.1, 0.15) is 11.6 Å². The molecule has 1 fully saturated rings. The summed E-state index contributed by atoms with van der Waals surface area (Å²) >= 11 is 0. The number of nitrogens with one attached hydrogen (secondary N) is 1. The summed E-state index contributed by atoms with van der Waals surface area (Å²) in [6.45, 7) is 0.925. The van der Waals surface area contributed by atoms with Gasteiger partial charge in [0.25, 0.3) is 0 Å². The van der Waals surface area contributed by atoms with Crippen LogP contribution in [0.2, 0.25) is 0 Å². The van der Waals surface area contributed by atoms with Gasteiger partial charge in [0.05, 0.1) is 7.11 Å². The van der Waals surface area contributed by atoms with Crippen LogP contribution in [0.1, 0.15) is 49.1 Å². The third-order valence-corrected chi connectivity index (χ3v) is 6.31. The van der Waals surface area contributed by atoms with Gasteiger partial charge in [-0.1, -0.05) is 12.1 Å². The Hall–Kier alpha value is -2.93. The highest BCUT2D eigenvalue weighted by atomic mass is 19.1. The van der Waals surface area contributed by atoms with Crippen molar-refractivity contribution in [1.29, 1.82) is 0 Å². The highest BCUT2D eigenvalue weighted by molar-refractivity contribution is 5.96. The van der Waals surface area contributed by atoms with E-state index in [1.807, 2.05) is 18.2 Å². The van der Waals surface area contributed by atoms with E-state index in [4.69, 9.17) is 9.84 Å². The number of hydrogen-bond acceptors (Lipinski definition) is 4. The molecule has 1 atom stereocenters. The first-order valence-corrected chi connectivity index (χ1v) is 10.6. The van der Waals surface area contributed by atoms with Crippen molar-refractivity contribution in [2.45, 2.75) is 43.6 Å². The predicted molar refractivity (Wildman–Crippen MR) is 115 cm³/mol. The van der Waals surface area contributed by atoms with Gasteiger partial charge < -0.3 is 20.1 Å². The van der Waals surface area contributed by atoms with Crippen LogP contribution in [-0.4, -0.2) is 37.2 Å². The Kier molecular flexibility index (Phi) is 5.96. The van der Waals surface area contributed by atoms with Crippen molar-refractivity contribution in [3.63, 3.8) is 0 Å². The molecule has 31 heavy (non-hydrogen) atoms. The zero-order valence-corrected chi connectivity index (χ0v) is 17.6. The van der Waals surface area contributed by atoms with Gasteiger partial charge in [-0.25, -0.2) is 4.39 Å². The van der Waals surface area contributed by atoms with Crippen LogP contribution in [0.4, 0.5) is 10.1 Å². The van der Waals surface area contributed by atoms with Crippen LogP contribution in [0.3, 0.4) is 0 Å². The number of carboxylic acid groups (broad SMARTS) is 1. The zero-order valence-electron chi connectivity index (χ0n) is 17.6. The molecule has 1 saturated carbocycles. The van der Waals surface area contributed by atoms with Crippen LogP contribution in [-0.2, 0) is 15.1 Å². The minimum absolute atomic E-state index is 0.00668. The van der Waals surface area contributed by atoms with Crippen molar-refractivity contribution in [2.75, 3.05) is 25.1 Å². The molecule has 0 bridgehead atoms. The molecule has 0 spiro atoms. The van der Waals surface area contributed by atoms with E-state index >= 15 is 0 Å². The Labute approximate surface area is 181 Å². The first-order valence-electron chi connectivity index (χ1n) is 10.6. The molecule has 1 aliphatic heterocycles. The smallest absolute Gasteiger partial charge is 0.303 e. The molecule has 2 aliphatic rings. The summed E-state index contributed by atoms with van der Waals surface area (Å²) in [5, 5.41) is 12.5. The van der Waals surface area contributed by atoms with E-state index < -0.39 is 5.97 Å². The van der Waals surface area contributed by atoms with E-state index in [0.29, 0.717) is 31.6 Å². The van der Waals surface area contributed by atoms with Crippen LogP contribution in [0.15, 0.2) is 42.5 Å². The van der Waals surface area contributed by atoms with Gasteiger partial charge in [-0.2, -0.15) is 0 Å². The number of amides is 1. The molecule has 1 heterocycles. The van der Waals surface area contributed by atoms with E-state index in [1.54, 1.807) is 18.1 Å². The Morgan fingerprint density at radius 3 is 2.74 bits per heavy atom. The lowest BCUT2D eigenvalue weighted by Crippen LogP contribution is -2.35. The first-order chi connectivity index (χ1) is 14.9. The second kappa shape index (κ2) is 8.67. The fourth-order valence-electron chi connectivity index (χ4n) is 4.45. The SMILES string of the molecule is COc1cccc(C2(NCCC(=O)N3CC(CCC(=O)O)c4cc(F)ccc43)CC2)c1. The molecule has 0 radical (unpaired) electrons. The van der Waals surface area contributed by atoms with Crippen molar-refractivity contribution in [1.82, 2.24) is 5.32 Å². The third kappa shape index (κ3) is 4.56. The number of carboxylic acids is 1. The molecule has 7 heteroatoms. The van der Waals surface area contributed by atoms with Crippen molar-refractivity contribution >= 4 is 17.6 Å². The highest BCUT2D eigenvalue weighted by Crippen LogP contribution is 2.46. The van der Waals surface area contributed by atoms with E-state index in [1.165, 1.54) is 12.1 Å². The van der Waals surface area contributed by atoms with Gasteiger partial charge in [-0.15, -0.1) is 0 Å². The van der Waals surface area contributed by atoms with Crippen LogP contribution in [0.25, 0.3) is 0 Å². The molecular weight excluding hydrogens is 399 g/mol. The Morgan fingerprint density at radius 2 is 2.03 bits per heavy atom. The number of carbonyl (C=O) groups excluding carboxylic acids is 1. The summed E-state index contributed by atoms with van der Waals surface area (Å²) in [6.07, 6.45) is 2.71. The maximum absolute atomic E-state index is 13.8. The van der Waals surface area contributed by atoms with E-state index in [-0.39, 0.29) is 29.6 Å². The molecule has 0 aromatic heterocycles. The number of methoxy groups -OCH3 is 1. The van der Waals surface area contributed by atoms with E-state index in [2.05, 4.69) is 11.4 Å². The summed E-state index contributed by atoms with van der Waals surface area (Å²) in [5.41, 5.74) is 2.47. The number of benzene rings is 2. The van der Waals surface area contributed by atoms with Crippen LogP contribution < -0.4 is 15.0 Å². The Morgan fingerprint density at radius 1 is 1.23 bits per heavy atom. The van der Waals surface area contributed by atoms with Gasteiger partial charge in [-0.05, 0) is 60.7 Å². The van der Waals surface area contributed by atoms with Gasteiger partial charge in [0, 0.05) is 43.1 Å². The minimum atomic E-state index is -0.890. The average Bonchev–Trinajstić information content (AvgIpc) is 3.47. The number of ether oxygens (including phenoxy) is 1. The normalized spacial score (nSPS) is 18.5. The number of hydrogen-bond donors (Lipinski definition) is 2. The molecule has 0 saturated heterocycles. The Bertz CT molecular complexity index is 989. The summed E-state index contributed by atoms with van der Waals surface area (Å²) in [5.74, 6) is -0.650. The number of halogens is 1. The van der Waals surface area contributed by atoms with Gasteiger partial charge in [0.2, 0.25) is 5.91 Å². The number of nitrogens with zero attached hydrogens (tertiary/aromatic N) is 1. The Balaban J connectivity index is 1.39. The number of aliphatic carboxylic acids is 1. The molecule has 2 aromatic rings. The zero-order chi connectivity index (χ0) is 22.0. The van der Waals surface area contributed by atoms with Crippen molar-refractivity contribution in [3.05, 3.63) is 59.4 Å². The standard InChI is InChI=1S/C24H27FN2O4/c1-31-19-4-2-3-17(13-19)24(10-11-24)26-12-9-22(28)27-15-16(5-8-23(29)30)20-14-18(25)6-7-21(20)27/h2-4,6-7,13-14,16,26H,5,8-12,15H2,1H3,(H,29,30). The minimum Gasteiger partial charge on any atom is -0.497 e. The summed E-state index contributed by atoms with van der Waals surface area (Å²) in [7, 11) is 1.65. The largest absolute Gasteiger partial charge is 0.497 e. The van der Waals surface area contributed by atoms with Crippen LogP contribution >= 0.6 is 0 Å². The van der Waals surface area contributed by atoms with Crippen molar-refractivity contribution in [3.8, 4) is 5.75 Å². The summed E-state index contributed by atoms with van der Waals surface area (Å²) in [6, 6.07) is 12.4. The lowest BCUT2D eigenvalue weighted by molar-refractivity contribution is -0.137. The number of carbonyl (C=O) groups is 2. The van der Waals surface area contributed by atoms with Crippen LogP contribution in [0.5, 0.6) is 5.75 Å². The molecule has 164 valence electrons.